The highest BCUT2D eigenvalue weighted by Gasteiger charge is 2.24. The second-order valence-corrected chi connectivity index (χ2v) is 5.88. The standard InChI is InChI=1S/C15H25N3/c1-11(2)10-18(13-6-4-5-7-13)15-8-12(3)14(16)9-17-15/h8-9,11,13H,4-7,10,16H2,1-3H3. The third-order valence-corrected chi connectivity index (χ3v) is 3.76. The van der Waals surface area contributed by atoms with E-state index in [1.54, 1.807) is 6.20 Å². The Morgan fingerprint density at radius 2 is 2.06 bits per heavy atom. The number of aryl methyl sites for hydroxylation is 1. The van der Waals surface area contributed by atoms with Crippen LogP contribution in [0, 0.1) is 12.8 Å². The lowest BCUT2D eigenvalue weighted by atomic mass is 10.1. The summed E-state index contributed by atoms with van der Waals surface area (Å²) < 4.78 is 0. The van der Waals surface area contributed by atoms with Crippen molar-refractivity contribution < 1.29 is 0 Å². The van der Waals surface area contributed by atoms with Crippen molar-refractivity contribution in [1.29, 1.82) is 0 Å². The third-order valence-electron chi connectivity index (χ3n) is 3.76. The average molecular weight is 247 g/mol. The zero-order valence-corrected chi connectivity index (χ0v) is 11.8. The second-order valence-electron chi connectivity index (χ2n) is 5.88. The van der Waals surface area contributed by atoms with Crippen molar-refractivity contribution in [1.82, 2.24) is 4.98 Å². The predicted molar refractivity (Wildman–Crippen MR) is 77.8 cm³/mol. The number of hydrogen-bond acceptors (Lipinski definition) is 3. The van der Waals surface area contributed by atoms with E-state index in [1.165, 1.54) is 25.7 Å². The van der Waals surface area contributed by atoms with Gasteiger partial charge in [0, 0.05) is 12.6 Å². The van der Waals surface area contributed by atoms with Gasteiger partial charge in [-0.2, -0.15) is 0 Å². The number of hydrogen-bond donors (Lipinski definition) is 1. The molecule has 3 heteroatoms. The fourth-order valence-corrected chi connectivity index (χ4v) is 2.75. The number of pyridine rings is 1. The zero-order chi connectivity index (χ0) is 13.1. The molecule has 0 amide bonds. The summed E-state index contributed by atoms with van der Waals surface area (Å²) in [6.45, 7) is 7.68. The summed E-state index contributed by atoms with van der Waals surface area (Å²) in [5.41, 5.74) is 7.78. The van der Waals surface area contributed by atoms with Gasteiger partial charge in [-0.1, -0.05) is 26.7 Å². The number of anilines is 2. The first-order valence-electron chi connectivity index (χ1n) is 7.06. The van der Waals surface area contributed by atoms with Gasteiger partial charge in [-0.15, -0.1) is 0 Å². The van der Waals surface area contributed by atoms with E-state index in [2.05, 4.69) is 36.7 Å². The summed E-state index contributed by atoms with van der Waals surface area (Å²) in [5, 5.41) is 0. The Kier molecular flexibility index (Phi) is 4.10. The molecule has 0 atom stereocenters. The van der Waals surface area contributed by atoms with E-state index in [-0.39, 0.29) is 0 Å². The predicted octanol–water partition coefficient (Wildman–Crippen LogP) is 3.38. The van der Waals surface area contributed by atoms with Gasteiger partial charge in [0.1, 0.15) is 5.82 Å². The molecule has 0 aliphatic heterocycles. The normalized spacial score (nSPS) is 16.4. The van der Waals surface area contributed by atoms with Crippen molar-refractivity contribution in [3.63, 3.8) is 0 Å². The molecule has 1 aliphatic rings. The van der Waals surface area contributed by atoms with Crippen LogP contribution in [0.1, 0.15) is 45.1 Å². The average Bonchev–Trinajstić information content (AvgIpc) is 2.83. The maximum absolute atomic E-state index is 5.86. The molecule has 1 fully saturated rings. The van der Waals surface area contributed by atoms with Gasteiger partial charge in [0.25, 0.3) is 0 Å². The minimum atomic E-state index is 0.658. The topological polar surface area (TPSA) is 42.2 Å². The number of nitrogens with zero attached hydrogens (tertiary/aromatic N) is 2. The number of aromatic nitrogens is 1. The van der Waals surface area contributed by atoms with Crippen LogP contribution in [0.4, 0.5) is 11.5 Å². The maximum atomic E-state index is 5.86. The SMILES string of the molecule is Cc1cc(N(CC(C)C)C2CCCC2)ncc1N. The highest BCUT2D eigenvalue weighted by Crippen LogP contribution is 2.29. The van der Waals surface area contributed by atoms with E-state index in [0.717, 1.165) is 23.6 Å². The van der Waals surface area contributed by atoms with Gasteiger partial charge in [-0.25, -0.2) is 4.98 Å². The lowest BCUT2D eigenvalue weighted by Gasteiger charge is -2.32. The molecule has 2 rings (SSSR count). The van der Waals surface area contributed by atoms with Gasteiger partial charge < -0.3 is 10.6 Å². The van der Waals surface area contributed by atoms with Crippen LogP contribution in [0.5, 0.6) is 0 Å². The van der Waals surface area contributed by atoms with E-state index in [0.29, 0.717) is 12.0 Å². The Bertz CT molecular complexity index is 395. The van der Waals surface area contributed by atoms with E-state index >= 15 is 0 Å². The molecule has 2 N–H and O–H groups in total. The summed E-state index contributed by atoms with van der Waals surface area (Å²) >= 11 is 0. The molecule has 1 heterocycles. The maximum Gasteiger partial charge on any atom is 0.129 e. The first kappa shape index (κ1) is 13.2. The molecule has 0 unspecified atom stereocenters. The fraction of sp³-hybridized carbons (Fsp3) is 0.667. The van der Waals surface area contributed by atoms with Gasteiger partial charge in [0.2, 0.25) is 0 Å². The molecule has 1 saturated carbocycles. The fourth-order valence-electron chi connectivity index (χ4n) is 2.75. The molecule has 0 bridgehead atoms. The molecule has 1 aliphatic carbocycles. The lowest BCUT2D eigenvalue weighted by Crippen LogP contribution is -2.37. The molecule has 1 aromatic heterocycles. The summed E-state index contributed by atoms with van der Waals surface area (Å²) in [6.07, 6.45) is 7.11. The highest BCUT2D eigenvalue weighted by atomic mass is 15.2. The Hall–Kier alpha value is -1.25. The van der Waals surface area contributed by atoms with Crippen LogP contribution in [0.2, 0.25) is 0 Å². The highest BCUT2D eigenvalue weighted by molar-refractivity contribution is 5.52. The number of rotatable bonds is 4. The smallest absolute Gasteiger partial charge is 0.129 e. The monoisotopic (exact) mass is 247 g/mol. The van der Waals surface area contributed by atoms with Gasteiger partial charge in [0.15, 0.2) is 0 Å². The molecule has 1 aromatic rings. The Morgan fingerprint density at radius 3 is 2.61 bits per heavy atom. The first-order valence-corrected chi connectivity index (χ1v) is 7.06. The Labute approximate surface area is 110 Å². The van der Waals surface area contributed by atoms with E-state index in [4.69, 9.17) is 5.73 Å². The summed E-state index contributed by atoms with van der Waals surface area (Å²) in [5.74, 6) is 1.76. The third kappa shape index (κ3) is 2.95. The van der Waals surface area contributed by atoms with Crippen LogP contribution in [0.15, 0.2) is 12.3 Å². The minimum absolute atomic E-state index is 0.658. The Balaban J connectivity index is 2.23. The van der Waals surface area contributed by atoms with Crippen molar-refractivity contribution in [2.24, 2.45) is 5.92 Å². The van der Waals surface area contributed by atoms with Crippen LogP contribution >= 0.6 is 0 Å². The minimum Gasteiger partial charge on any atom is -0.397 e. The van der Waals surface area contributed by atoms with Crippen molar-refractivity contribution in [3.05, 3.63) is 17.8 Å². The van der Waals surface area contributed by atoms with E-state index < -0.39 is 0 Å². The second kappa shape index (κ2) is 5.59. The van der Waals surface area contributed by atoms with Crippen molar-refractivity contribution >= 4 is 11.5 Å². The molecule has 100 valence electrons. The van der Waals surface area contributed by atoms with Crippen LogP contribution in [0.25, 0.3) is 0 Å². The largest absolute Gasteiger partial charge is 0.397 e. The van der Waals surface area contributed by atoms with Crippen LogP contribution < -0.4 is 10.6 Å². The van der Waals surface area contributed by atoms with Crippen LogP contribution in [0.3, 0.4) is 0 Å². The van der Waals surface area contributed by atoms with Gasteiger partial charge in [0.05, 0.1) is 11.9 Å². The molecule has 0 aromatic carbocycles. The zero-order valence-electron chi connectivity index (χ0n) is 11.8. The van der Waals surface area contributed by atoms with Crippen LogP contribution in [-0.2, 0) is 0 Å². The summed E-state index contributed by atoms with van der Waals surface area (Å²) in [4.78, 5) is 7.03. The van der Waals surface area contributed by atoms with Gasteiger partial charge in [-0.05, 0) is 37.3 Å². The molecule has 0 spiro atoms. The number of nitrogens with two attached hydrogens (primary N) is 1. The lowest BCUT2D eigenvalue weighted by molar-refractivity contribution is 0.531. The molecule has 0 saturated heterocycles. The van der Waals surface area contributed by atoms with Crippen molar-refractivity contribution in [3.8, 4) is 0 Å². The van der Waals surface area contributed by atoms with Crippen LogP contribution in [-0.4, -0.2) is 17.6 Å². The van der Waals surface area contributed by atoms with E-state index in [9.17, 15) is 0 Å². The molecule has 18 heavy (non-hydrogen) atoms. The Morgan fingerprint density at radius 1 is 1.39 bits per heavy atom. The first-order chi connectivity index (χ1) is 8.58. The van der Waals surface area contributed by atoms with Gasteiger partial charge in [-0.3, -0.25) is 0 Å². The van der Waals surface area contributed by atoms with E-state index in [1.807, 2.05) is 0 Å². The molecule has 0 radical (unpaired) electrons. The molecular formula is C15H25N3. The quantitative estimate of drug-likeness (QED) is 0.887. The summed E-state index contributed by atoms with van der Waals surface area (Å²) in [6, 6.07) is 2.80. The van der Waals surface area contributed by atoms with Crippen molar-refractivity contribution in [2.75, 3.05) is 17.2 Å². The van der Waals surface area contributed by atoms with Gasteiger partial charge >= 0.3 is 0 Å². The van der Waals surface area contributed by atoms with Crippen molar-refractivity contribution in [2.45, 2.75) is 52.5 Å². The molecular weight excluding hydrogens is 222 g/mol. The summed E-state index contributed by atoms with van der Waals surface area (Å²) in [7, 11) is 0. The number of nitrogen functional groups attached to an aromatic ring is 1. The molecule has 3 nitrogen and oxygen atoms in total.